The summed E-state index contributed by atoms with van der Waals surface area (Å²) < 4.78 is 5.75. The second-order valence-electron chi connectivity index (χ2n) is 4.91. The summed E-state index contributed by atoms with van der Waals surface area (Å²) in [7, 11) is 0. The Hall–Kier alpha value is -0.870. The molecule has 0 spiro atoms. The van der Waals surface area contributed by atoms with Crippen molar-refractivity contribution in [1.29, 1.82) is 0 Å². The van der Waals surface area contributed by atoms with Crippen molar-refractivity contribution in [2.24, 2.45) is 5.41 Å². The summed E-state index contributed by atoms with van der Waals surface area (Å²) in [6.45, 7) is 10.2. The summed E-state index contributed by atoms with van der Waals surface area (Å²) in [5.41, 5.74) is 0.248. The van der Waals surface area contributed by atoms with Crippen LogP contribution in [0.25, 0.3) is 0 Å². The van der Waals surface area contributed by atoms with Gasteiger partial charge in [0.05, 0.1) is 12.7 Å². The van der Waals surface area contributed by atoms with Gasteiger partial charge in [0.2, 0.25) is 5.91 Å². The molecule has 104 valence electrons. The minimum atomic E-state index is -0.293. The minimum Gasteiger partial charge on any atom is -0.391 e. The lowest BCUT2D eigenvalue weighted by Crippen LogP contribution is -2.64. The second kappa shape index (κ2) is 6.34. The molecule has 0 aromatic rings. The Balaban J connectivity index is 2.67. The molecule has 0 aromatic heterocycles. The Kier molecular flexibility index (Phi) is 5.35. The molecule has 4 nitrogen and oxygen atoms in total. The molecule has 0 heterocycles. The number of aliphatic hydroxyl groups is 1. The van der Waals surface area contributed by atoms with Crippen molar-refractivity contribution in [1.82, 2.24) is 5.32 Å². The first-order chi connectivity index (χ1) is 8.55. The van der Waals surface area contributed by atoms with Gasteiger partial charge in [-0.1, -0.05) is 20.4 Å². The molecular weight excluding hydrogens is 230 g/mol. The quantitative estimate of drug-likeness (QED) is 0.680. The molecule has 4 heteroatoms. The number of hydrogen-bond acceptors (Lipinski definition) is 3. The van der Waals surface area contributed by atoms with E-state index in [-0.39, 0.29) is 35.6 Å². The molecule has 0 bridgehead atoms. The molecule has 1 saturated carbocycles. The minimum absolute atomic E-state index is 0.0292. The summed E-state index contributed by atoms with van der Waals surface area (Å²) in [6.07, 6.45) is 3.03. The third kappa shape index (κ3) is 2.59. The van der Waals surface area contributed by atoms with Gasteiger partial charge >= 0.3 is 0 Å². The molecule has 18 heavy (non-hydrogen) atoms. The molecule has 1 aliphatic rings. The maximum Gasteiger partial charge on any atom is 0.249 e. The van der Waals surface area contributed by atoms with E-state index in [0.29, 0.717) is 6.61 Å². The fourth-order valence-electron chi connectivity index (χ4n) is 2.92. The van der Waals surface area contributed by atoms with Crippen LogP contribution in [0.2, 0.25) is 0 Å². The van der Waals surface area contributed by atoms with E-state index in [1.807, 2.05) is 6.92 Å². The van der Waals surface area contributed by atoms with Gasteiger partial charge in [-0.15, -0.1) is 0 Å². The summed E-state index contributed by atoms with van der Waals surface area (Å²) in [4.78, 5) is 11.7. The largest absolute Gasteiger partial charge is 0.391 e. The summed E-state index contributed by atoms with van der Waals surface area (Å²) in [6, 6.07) is 0.125. The zero-order chi connectivity index (χ0) is 13.8. The van der Waals surface area contributed by atoms with E-state index in [1.54, 1.807) is 0 Å². The predicted molar refractivity (Wildman–Crippen MR) is 71.2 cm³/mol. The fourth-order valence-corrected chi connectivity index (χ4v) is 2.92. The number of amides is 1. The molecule has 0 aliphatic heterocycles. The van der Waals surface area contributed by atoms with E-state index >= 15 is 0 Å². The van der Waals surface area contributed by atoms with Crippen molar-refractivity contribution in [3.8, 4) is 0 Å². The van der Waals surface area contributed by atoms with Crippen molar-refractivity contribution >= 4 is 5.91 Å². The van der Waals surface area contributed by atoms with Crippen LogP contribution in [0.3, 0.4) is 0 Å². The van der Waals surface area contributed by atoms with E-state index in [9.17, 15) is 4.79 Å². The number of hydrogen-bond donors (Lipinski definition) is 2. The zero-order valence-corrected chi connectivity index (χ0v) is 11.7. The van der Waals surface area contributed by atoms with Crippen LogP contribution in [0.15, 0.2) is 12.2 Å². The molecule has 0 unspecified atom stereocenters. The second-order valence-corrected chi connectivity index (χ2v) is 4.91. The number of carbonyl (C=O) groups is 1. The van der Waals surface area contributed by atoms with Gasteiger partial charge in [0, 0.05) is 23.6 Å². The van der Waals surface area contributed by atoms with Crippen LogP contribution >= 0.6 is 0 Å². The van der Waals surface area contributed by atoms with Gasteiger partial charge in [-0.3, -0.25) is 4.79 Å². The molecule has 0 radical (unpaired) electrons. The molecule has 2 N–H and O–H groups in total. The van der Waals surface area contributed by atoms with Gasteiger partial charge in [-0.25, -0.2) is 0 Å². The molecule has 2 atom stereocenters. The normalized spacial score (nSPS) is 25.3. The van der Waals surface area contributed by atoms with E-state index in [0.717, 1.165) is 19.3 Å². The van der Waals surface area contributed by atoms with Gasteiger partial charge in [0.15, 0.2) is 0 Å². The van der Waals surface area contributed by atoms with Gasteiger partial charge in [-0.2, -0.15) is 0 Å². The molecule has 1 aliphatic carbocycles. The summed E-state index contributed by atoms with van der Waals surface area (Å²) in [5.74, 6) is -0.247. The number of carbonyl (C=O) groups excluding carboxylic acids is 1. The SMILES string of the molecule is C=C(CO)C(=O)N[C@H]1C[C@H](OCC)C1(CC)CC. The Bertz CT molecular complexity index is 310. The smallest absolute Gasteiger partial charge is 0.249 e. The van der Waals surface area contributed by atoms with Crippen LogP contribution in [-0.2, 0) is 9.53 Å². The first-order valence-electron chi connectivity index (χ1n) is 6.76. The van der Waals surface area contributed by atoms with Crippen molar-refractivity contribution < 1.29 is 14.6 Å². The topological polar surface area (TPSA) is 58.6 Å². The standard InChI is InChI=1S/C14H25NO3/c1-5-14(6-2)11(8-12(14)18-7-3)15-13(17)10(4)9-16/h11-12,16H,4-9H2,1-3H3,(H,15,17)/t11-,12-/m0/s1. The van der Waals surface area contributed by atoms with Gasteiger partial charge in [-0.05, 0) is 26.2 Å². The highest BCUT2D eigenvalue weighted by Crippen LogP contribution is 2.48. The third-order valence-electron chi connectivity index (χ3n) is 4.29. The zero-order valence-electron chi connectivity index (χ0n) is 11.7. The number of nitrogens with one attached hydrogen (secondary N) is 1. The average Bonchev–Trinajstić information content (AvgIpc) is 2.37. The lowest BCUT2D eigenvalue weighted by Gasteiger charge is -2.55. The monoisotopic (exact) mass is 255 g/mol. The van der Waals surface area contributed by atoms with Crippen molar-refractivity contribution in [3.05, 3.63) is 12.2 Å². The van der Waals surface area contributed by atoms with Crippen LogP contribution in [-0.4, -0.2) is 36.4 Å². The highest BCUT2D eigenvalue weighted by molar-refractivity contribution is 5.93. The van der Waals surface area contributed by atoms with Crippen molar-refractivity contribution in [3.63, 3.8) is 0 Å². The van der Waals surface area contributed by atoms with Crippen LogP contribution in [0, 0.1) is 5.41 Å². The molecule has 1 fully saturated rings. The van der Waals surface area contributed by atoms with Crippen LogP contribution < -0.4 is 5.32 Å². The number of rotatable bonds is 7. The van der Waals surface area contributed by atoms with Crippen LogP contribution in [0.5, 0.6) is 0 Å². The van der Waals surface area contributed by atoms with Gasteiger partial charge < -0.3 is 15.2 Å². The molecule has 1 amide bonds. The predicted octanol–water partition coefficient (Wildman–Crippen LogP) is 1.63. The maximum atomic E-state index is 11.7. The maximum absolute atomic E-state index is 11.7. The fraction of sp³-hybridized carbons (Fsp3) is 0.786. The van der Waals surface area contributed by atoms with Crippen LogP contribution in [0.4, 0.5) is 0 Å². The Morgan fingerprint density at radius 2 is 2.06 bits per heavy atom. The molecule has 0 aromatic carbocycles. The Morgan fingerprint density at radius 1 is 1.44 bits per heavy atom. The third-order valence-corrected chi connectivity index (χ3v) is 4.29. The van der Waals surface area contributed by atoms with Gasteiger partial charge in [0.25, 0.3) is 0 Å². The van der Waals surface area contributed by atoms with E-state index < -0.39 is 0 Å². The lowest BCUT2D eigenvalue weighted by molar-refractivity contribution is -0.146. The average molecular weight is 255 g/mol. The van der Waals surface area contributed by atoms with Gasteiger partial charge in [0.1, 0.15) is 0 Å². The first-order valence-corrected chi connectivity index (χ1v) is 6.76. The molecular formula is C14H25NO3. The van der Waals surface area contributed by atoms with E-state index in [4.69, 9.17) is 9.84 Å². The summed E-state index contributed by atoms with van der Waals surface area (Å²) >= 11 is 0. The molecule has 0 saturated heterocycles. The highest BCUT2D eigenvalue weighted by atomic mass is 16.5. The van der Waals surface area contributed by atoms with E-state index in [2.05, 4.69) is 25.7 Å². The first kappa shape index (κ1) is 15.2. The Labute approximate surface area is 109 Å². The Morgan fingerprint density at radius 3 is 2.50 bits per heavy atom. The van der Waals surface area contributed by atoms with Crippen LogP contribution in [0.1, 0.15) is 40.0 Å². The lowest BCUT2D eigenvalue weighted by atomic mass is 9.58. The highest BCUT2D eigenvalue weighted by Gasteiger charge is 2.53. The summed E-state index contributed by atoms with van der Waals surface area (Å²) in [5, 5.41) is 11.9. The van der Waals surface area contributed by atoms with Crippen molar-refractivity contribution in [2.45, 2.75) is 52.2 Å². The molecule has 1 rings (SSSR count). The number of aliphatic hydroxyl groups excluding tert-OH is 1. The number of ether oxygens (including phenoxy) is 1. The van der Waals surface area contributed by atoms with E-state index in [1.165, 1.54) is 0 Å². The van der Waals surface area contributed by atoms with Crippen molar-refractivity contribution in [2.75, 3.05) is 13.2 Å².